The van der Waals surface area contributed by atoms with E-state index in [9.17, 15) is 4.79 Å². The van der Waals surface area contributed by atoms with Crippen molar-refractivity contribution in [2.75, 3.05) is 13.7 Å². The average Bonchev–Trinajstić information content (AvgIpc) is 3.01. The van der Waals surface area contributed by atoms with Crippen molar-refractivity contribution >= 4 is 5.91 Å². The van der Waals surface area contributed by atoms with Gasteiger partial charge in [-0.05, 0) is 19.1 Å². The first-order valence-corrected chi connectivity index (χ1v) is 7.16. The molecule has 2 aromatic rings. The Morgan fingerprint density at radius 2 is 2.09 bits per heavy atom. The first-order valence-electron chi connectivity index (χ1n) is 7.16. The first kappa shape index (κ1) is 15.9. The number of para-hydroxylation sites is 2. The number of hydrogen-bond acceptors (Lipinski definition) is 5. The van der Waals surface area contributed by atoms with E-state index in [1.807, 2.05) is 38.1 Å². The number of carbonyl (C=O) groups is 1. The molecule has 1 amide bonds. The molecule has 1 aromatic heterocycles. The lowest BCUT2D eigenvalue weighted by Gasteiger charge is -2.17. The van der Waals surface area contributed by atoms with Gasteiger partial charge in [0.1, 0.15) is 11.9 Å². The molecule has 22 heavy (non-hydrogen) atoms. The Balaban J connectivity index is 1.90. The number of nitrogens with one attached hydrogen (secondary N) is 1. The lowest BCUT2D eigenvalue weighted by Crippen LogP contribution is -2.34. The summed E-state index contributed by atoms with van der Waals surface area (Å²) in [6.45, 7) is 4.13. The number of carbonyl (C=O) groups excluding carboxylic acids is 1. The second kappa shape index (κ2) is 7.49. The van der Waals surface area contributed by atoms with Gasteiger partial charge in [0.05, 0.1) is 13.7 Å². The zero-order chi connectivity index (χ0) is 15.9. The molecule has 0 bridgehead atoms. The number of ether oxygens (including phenoxy) is 2. The van der Waals surface area contributed by atoms with Gasteiger partial charge in [0, 0.05) is 6.42 Å². The maximum atomic E-state index is 12.1. The van der Waals surface area contributed by atoms with E-state index in [0.29, 0.717) is 35.9 Å². The molecule has 2 rings (SSSR count). The minimum Gasteiger partial charge on any atom is -0.493 e. The van der Waals surface area contributed by atoms with Crippen LogP contribution in [-0.4, -0.2) is 30.6 Å². The normalized spacial score (nSPS) is 11.8. The Morgan fingerprint density at radius 1 is 1.36 bits per heavy atom. The largest absolute Gasteiger partial charge is 0.493 e. The Bertz CT molecular complexity index is 624. The van der Waals surface area contributed by atoms with Gasteiger partial charge < -0.3 is 19.2 Å². The minimum atomic E-state index is -0.263. The van der Waals surface area contributed by atoms with Crippen LogP contribution in [-0.2, 0) is 6.42 Å². The summed E-state index contributed by atoms with van der Waals surface area (Å²) in [5, 5.41) is 2.79. The van der Waals surface area contributed by atoms with Gasteiger partial charge in [0.2, 0.25) is 0 Å². The molecule has 1 atom stereocenters. The maximum absolute atomic E-state index is 12.1. The summed E-state index contributed by atoms with van der Waals surface area (Å²) in [6.07, 6.45) is 1.69. The maximum Gasteiger partial charge on any atom is 0.273 e. The number of amides is 1. The molecule has 6 heteroatoms. The highest BCUT2D eigenvalue weighted by atomic mass is 16.5. The summed E-state index contributed by atoms with van der Waals surface area (Å²) in [6, 6.07) is 7.38. The minimum absolute atomic E-state index is 0.211. The van der Waals surface area contributed by atoms with E-state index in [-0.39, 0.29) is 12.0 Å². The summed E-state index contributed by atoms with van der Waals surface area (Å²) < 4.78 is 16.2. The van der Waals surface area contributed by atoms with Crippen molar-refractivity contribution in [1.82, 2.24) is 10.3 Å². The number of aryl methyl sites for hydroxylation is 1. The Hall–Kier alpha value is -2.50. The predicted molar refractivity (Wildman–Crippen MR) is 81.3 cm³/mol. The Morgan fingerprint density at radius 3 is 2.77 bits per heavy atom. The van der Waals surface area contributed by atoms with Crippen molar-refractivity contribution < 1.29 is 18.7 Å². The molecule has 0 fully saturated rings. The van der Waals surface area contributed by atoms with Gasteiger partial charge in [-0.1, -0.05) is 19.1 Å². The summed E-state index contributed by atoms with van der Waals surface area (Å²) in [7, 11) is 1.59. The highest BCUT2D eigenvalue weighted by molar-refractivity contribution is 5.93. The van der Waals surface area contributed by atoms with Crippen LogP contribution in [0, 0.1) is 0 Å². The molecule has 1 aromatic carbocycles. The molecule has 0 saturated heterocycles. The van der Waals surface area contributed by atoms with Crippen LogP contribution in [0.15, 0.2) is 35.1 Å². The van der Waals surface area contributed by atoms with Crippen molar-refractivity contribution in [3.8, 4) is 11.5 Å². The van der Waals surface area contributed by atoms with Gasteiger partial charge in [-0.15, -0.1) is 0 Å². The van der Waals surface area contributed by atoms with E-state index >= 15 is 0 Å². The van der Waals surface area contributed by atoms with Gasteiger partial charge in [-0.3, -0.25) is 4.79 Å². The summed E-state index contributed by atoms with van der Waals surface area (Å²) in [4.78, 5) is 16.0. The molecule has 0 aliphatic carbocycles. The van der Waals surface area contributed by atoms with Crippen molar-refractivity contribution in [1.29, 1.82) is 0 Å². The molecular weight excluding hydrogens is 284 g/mol. The fraction of sp³-hybridized carbons (Fsp3) is 0.375. The second-order valence-electron chi connectivity index (χ2n) is 4.77. The zero-order valence-electron chi connectivity index (χ0n) is 13.0. The third-order valence-electron chi connectivity index (χ3n) is 3.12. The van der Waals surface area contributed by atoms with E-state index < -0.39 is 0 Å². The fourth-order valence-electron chi connectivity index (χ4n) is 2.00. The molecular formula is C16H20N2O4. The summed E-state index contributed by atoms with van der Waals surface area (Å²) >= 11 is 0. The third-order valence-corrected chi connectivity index (χ3v) is 3.12. The summed E-state index contributed by atoms with van der Waals surface area (Å²) in [5.74, 6) is 1.62. The topological polar surface area (TPSA) is 73.6 Å². The monoisotopic (exact) mass is 304 g/mol. The number of hydrogen-bond donors (Lipinski definition) is 1. The molecule has 0 aliphatic rings. The van der Waals surface area contributed by atoms with Crippen LogP contribution >= 0.6 is 0 Å². The second-order valence-corrected chi connectivity index (χ2v) is 4.77. The van der Waals surface area contributed by atoms with Crippen LogP contribution in [0.25, 0.3) is 0 Å². The first-order chi connectivity index (χ1) is 10.7. The fourth-order valence-corrected chi connectivity index (χ4v) is 2.00. The lowest BCUT2D eigenvalue weighted by molar-refractivity contribution is 0.0925. The van der Waals surface area contributed by atoms with Crippen molar-refractivity contribution in [2.45, 2.75) is 26.4 Å². The molecule has 0 radical (unpaired) electrons. The Kier molecular flexibility index (Phi) is 5.41. The highest BCUT2D eigenvalue weighted by Gasteiger charge is 2.16. The number of nitrogens with zero attached hydrogens (tertiary/aromatic N) is 1. The molecule has 118 valence electrons. The van der Waals surface area contributed by atoms with Crippen LogP contribution in [0.2, 0.25) is 0 Å². The molecule has 0 spiro atoms. The molecule has 6 nitrogen and oxygen atoms in total. The van der Waals surface area contributed by atoms with Crippen LogP contribution in [0.3, 0.4) is 0 Å². The van der Waals surface area contributed by atoms with Gasteiger partial charge in [0.15, 0.2) is 23.6 Å². The van der Waals surface area contributed by atoms with Gasteiger partial charge >= 0.3 is 0 Å². The molecule has 0 aliphatic heterocycles. The Labute approximate surface area is 129 Å². The summed E-state index contributed by atoms with van der Waals surface area (Å²) in [5.41, 5.74) is 0.326. The number of benzene rings is 1. The van der Waals surface area contributed by atoms with Crippen molar-refractivity contribution in [2.24, 2.45) is 0 Å². The highest BCUT2D eigenvalue weighted by Crippen LogP contribution is 2.26. The van der Waals surface area contributed by atoms with Gasteiger partial charge in [-0.2, -0.15) is 0 Å². The quantitative estimate of drug-likeness (QED) is 0.850. The van der Waals surface area contributed by atoms with Gasteiger partial charge in [0.25, 0.3) is 5.91 Å². The molecule has 0 saturated carbocycles. The van der Waals surface area contributed by atoms with E-state index in [1.165, 1.54) is 6.39 Å². The van der Waals surface area contributed by atoms with Crippen LogP contribution in [0.5, 0.6) is 11.5 Å². The number of oxazole rings is 1. The standard InChI is InChI=1S/C16H20N2O4/c1-4-12-15(18-10-21-12)16(19)17-9-11(2)22-14-8-6-5-7-13(14)20-3/h5-8,10-11H,4,9H2,1-3H3,(H,17,19)/t11-/m1/s1. The van der Waals surface area contributed by atoms with Crippen LogP contribution in [0.4, 0.5) is 0 Å². The third kappa shape index (κ3) is 3.78. The van der Waals surface area contributed by atoms with Crippen molar-refractivity contribution in [3.05, 3.63) is 42.1 Å². The molecule has 0 unspecified atom stereocenters. The molecule has 1 N–H and O–H groups in total. The lowest BCUT2D eigenvalue weighted by atomic mass is 10.2. The van der Waals surface area contributed by atoms with Crippen LogP contribution in [0.1, 0.15) is 30.1 Å². The zero-order valence-corrected chi connectivity index (χ0v) is 13.0. The van der Waals surface area contributed by atoms with E-state index in [4.69, 9.17) is 13.9 Å². The number of rotatable bonds is 7. The average molecular weight is 304 g/mol. The molecule has 1 heterocycles. The van der Waals surface area contributed by atoms with Crippen molar-refractivity contribution in [3.63, 3.8) is 0 Å². The predicted octanol–water partition coefficient (Wildman–Crippen LogP) is 2.44. The van der Waals surface area contributed by atoms with E-state index in [0.717, 1.165) is 0 Å². The van der Waals surface area contributed by atoms with E-state index in [2.05, 4.69) is 10.3 Å². The SMILES string of the molecule is CCc1ocnc1C(=O)NC[C@@H](C)Oc1ccccc1OC. The van der Waals surface area contributed by atoms with Crippen LogP contribution < -0.4 is 14.8 Å². The van der Waals surface area contributed by atoms with E-state index in [1.54, 1.807) is 7.11 Å². The smallest absolute Gasteiger partial charge is 0.273 e. The number of methoxy groups -OCH3 is 1. The number of aromatic nitrogens is 1. The van der Waals surface area contributed by atoms with Gasteiger partial charge in [-0.25, -0.2) is 4.98 Å².